The van der Waals surface area contributed by atoms with Gasteiger partial charge in [0, 0.05) is 37.4 Å². The highest BCUT2D eigenvalue weighted by Gasteiger charge is 2.23. The molecule has 9 heteroatoms. The molecule has 0 saturated carbocycles. The van der Waals surface area contributed by atoms with Gasteiger partial charge in [-0.05, 0) is 56.5 Å². The first kappa shape index (κ1) is 28.9. The Kier molecular flexibility index (Phi) is 10.6. The summed E-state index contributed by atoms with van der Waals surface area (Å²) in [6, 6.07) is 14.5. The van der Waals surface area contributed by atoms with Crippen LogP contribution in [0.2, 0.25) is 5.02 Å². The van der Waals surface area contributed by atoms with Crippen molar-refractivity contribution in [2.45, 2.75) is 65.6 Å². The summed E-state index contributed by atoms with van der Waals surface area (Å²) in [6.45, 7) is 12.9. The second-order valence-corrected chi connectivity index (χ2v) is 10.1. The first-order chi connectivity index (χ1) is 19.0. The molecule has 1 aromatic heterocycles. The Hall–Kier alpha value is -3.07. The number of hydrogen-bond donors (Lipinski definition) is 3. The van der Waals surface area contributed by atoms with E-state index in [1.54, 1.807) is 6.20 Å². The molecule has 1 fully saturated rings. The standard InChI is InChI=1S/C30H41ClN6O2/c1-5-22(6-2)32-18-21-11-9-10-12-26(21)34-29-25(31)19-33-30(36-29)35-27-14-13-23(17-28(27)38-8-4)39-24-15-16-37(7-3)20-24/h9-14,17,19,22,24,32H,5-8,15-16,18,20H2,1-4H3,(H2,33,34,35,36). The largest absolute Gasteiger partial charge is 0.492 e. The molecule has 1 aliphatic rings. The monoisotopic (exact) mass is 552 g/mol. The molecule has 2 heterocycles. The predicted octanol–water partition coefficient (Wildman–Crippen LogP) is 6.77. The van der Waals surface area contributed by atoms with Crippen LogP contribution in [-0.2, 0) is 6.54 Å². The van der Waals surface area contributed by atoms with E-state index < -0.39 is 0 Å². The summed E-state index contributed by atoms with van der Waals surface area (Å²) in [5.74, 6) is 2.43. The van der Waals surface area contributed by atoms with Crippen LogP contribution >= 0.6 is 11.6 Å². The van der Waals surface area contributed by atoms with Crippen molar-refractivity contribution in [3.8, 4) is 11.5 Å². The number of halogens is 1. The lowest BCUT2D eigenvalue weighted by molar-refractivity contribution is 0.201. The third-order valence-electron chi connectivity index (χ3n) is 7.06. The van der Waals surface area contributed by atoms with E-state index in [1.165, 1.54) is 0 Å². The number of ether oxygens (including phenoxy) is 2. The number of anilines is 4. The number of hydrogen-bond acceptors (Lipinski definition) is 8. The van der Waals surface area contributed by atoms with E-state index in [4.69, 9.17) is 21.1 Å². The van der Waals surface area contributed by atoms with Gasteiger partial charge < -0.3 is 25.4 Å². The minimum absolute atomic E-state index is 0.194. The van der Waals surface area contributed by atoms with E-state index >= 15 is 0 Å². The number of likely N-dealkylation sites (N-methyl/N-ethyl adjacent to an activating group) is 1. The zero-order valence-corrected chi connectivity index (χ0v) is 24.2. The molecule has 210 valence electrons. The first-order valence-corrected chi connectivity index (χ1v) is 14.4. The van der Waals surface area contributed by atoms with E-state index in [0.29, 0.717) is 35.2 Å². The molecule has 3 aromatic rings. The number of benzene rings is 2. The molecule has 2 aromatic carbocycles. The number of nitrogens with zero attached hydrogens (tertiary/aromatic N) is 3. The molecule has 0 amide bonds. The van der Waals surface area contributed by atoms with Crippen molar-refractivity contribution in [3.63, 3.8) is 0 Å². The van der Waals surface area contributed by atoms with Crippen LogP contribution in [0.25, 0.3) is 0 Å². The number of aromatic nitrogens is 2. The Morgan fingerprint density at radius 2 is 1.87 bits per heavy atom. The third kappa shape index (κ3) is 7.97. The fourth-order valence-corrected chi connectivity index (χ4v) is 4.86. The van der Waals surface area contributed by atoms with Gasteiger partial charge >= 0.3 is 0 Å². The van der Waals surface area contributed by atoms with Gasteiger partial charge in [0.05, 0.1) is 18.5 Å². The SMILES string of the molecule is CCOc1cc(OC2CCN(CC)C2)ccc1Nc1ncc(Cl)c(Nc2ccccc2CNC(CC)CC)n1. The Morgan fingerprint density at radius 1 is 1.05 bits per heavy atom. The lowest BCUT2D eigenvalue weighted by Gasteiger charge is -2.18. The molecule has 1 atom stereocenters. The average molecular weight is 553 g/mol. The normalized spacial score (nSPS) is 15.5. The lowest BCUT2D eigenvalue weighted by atomic mass is 10.1. The summed E-state index contributed by atoms with van der Waals surface area (Å²) in [4.78, 5) is 11.5. The van der Waals surface area contributed by atoms with Crippen molar-refractivity contribution in [2.24, 2.45) is 0 Å². The van der Waals surface area contributed by atoms with Crippen LogP contribution in [0, 0.1) is 0 Å². The van der Waals surface area contributed by atoms with Crippen LogP contribution < -0.4 is 25.4 Å². The van der Waals surface area contributed by atoms with E-state index in [-0.39, 0.29) is 6.10 Å². The zero-order chi connectivity index (χ0) is 27.6. The fraction of sp³-hybridized carbons (Fsp3) is 0.467. The quantitative estimate of drug-likeness (QED) is 0.202. The predicted molar refractivity (Wildman–Crippen MR) is 160 cm³/mol. The number of nitrogens with one attached hydrogen (secondary N) is 3. The minimum atomic E-state index is 0.194. The van der Waals surface area contributed by atoms with E-state index in [2.05, 4.69) is 57.7 Å². The van der Waals surface area contributed by atoms with Gasteiger partial charge in [-0.1, -0.05) is 50.6 Å². The van der Waals surface area contributed by atoms with Crippen LogP contribution in [-0.4, -0.2) is 53.3 Å². The summed E-state index contributed by atoms with van der Waals surface area (Å²) in [5, 5.41) is 10.8. The van der Waals surface area contributed by atoms with Crippen molar-refractivity contribution in [1.82, 2.24) is 20.2 Å². The van der Waals surface area contributed by atoms with Gasteiger partial charge in [-0.2, -0.15) is 4.98 Å². The van der Waals surface area contributed by atoms with Crippen LogP contribution in [0.15, 0.2) is 48.7 Å². The molecule has 1 unspecified atom stereocenters. The van der Waals surface area contributed by atoms with Gasteiger partial charge in [-0.3, -0.25) is 4.90 Å². The second-order valence-electron chi connectivity index (χ2n) is 9.70. The summed E-state index contributed by atoms with van der Waals surface area (Å²) < 4.78 is 12.2. The van der Waals surface area contributed by atoms with Crippen LogP contribution in [0.4, 0.5) is 23.1 Å². The van der Waals surface area contributed by atoms with Crippen molar-refractivity contribution in [3.05, 3.63) is 59.2 Å². The Bertz CT molecular complexity index is 1210. The summed E-state index contributed by atoms with van der Waals surface area (Å²) in [5.41, 5.74) is 2.86. The molecule has 4 rings (SSSR count). The van der Waals surface area contributed by atoms with Gasteiger partial charge in [0.15, 0.2) is 5.82 Å². The van der Waals surface area contributed by atoms with E-state index in [0.717, 1.165) is 68.1 Å². The van der Waals surface area contributed by atoms with Crippen molar-refractivity contribution in [1.29, 1.82) is 0 Å². The summed E-state index contributed by atoms with van der Waals surface area (Å²) >= 11 is 6.50. The maximum Gasteiger partial charge on any atom is 0.229 e. The Balaban J connectivity index is 1.48. The number of likely N-dealkylation sites (tertiary alicyclic amines) is 1. The highest BCUT2D eigenvalue weighted by molar-refractivity contribution is 6.32. The number of para-hydroxylation sites is 1. The van der Waals surface area contributed by atoms with Crippen molar-refractivity contribution in [2.75, 3.05) is 36.9 Å². The molecule has 1 saturated heterocycles. The maximum atomic E-state index is 6.50. The van der Waals surface area contributed by atoms with Gasteiger partial charge in [0.2, 0.25) is 5.95 Å². The number of rotatable bonds is 14. The van der Waals surface area contributed by atoms with Gasteiger partial charge in [0.1, 0.15) is 22.6 Å². The highest BCUT2D eigenvalue weighted by Crippen LogP contribution is 2.33. The van der Waals surface area contributed by atoms with Gasteiger partial charge in [-0.15, -0.1) is 0 Å². The second kappa shape index (κ2) is 14.4. The molecule has 0 bridgehead atoms. The Labute approximate surface area is 237 Å². The Morgan fingerprint density at radius 3 is 2.62 bits per heavy atom. The zero-order valence-electron chi connectivity index (χ0n) is 23.5. The molecule has 3 N–H and O–H groups in total. The molecule has 0 spiro atoms. The lowest BCUT2D eigenvalue weighted by Crippen LogP contribution is -2.27. The maximum absolute atomic E-state index is 6.50. The third-order valence-corrected chi connectivity index (χ3v) is 7.34. The summed E-state index contributed by atoms with van der Waals surface area (Å²) in [6.07, 6.45) is 5.01. The molecular weight excluding hydrogens is 512 g/mol. The van der Waals surface area contributed by atoms with E-state index in [9.17, 15) is 0 Å². The molecule has 8 nitrogen and oxygen atoms in total. The smallest absolute Gasteiger partial charge is 0.229 e. The molecule has 1 aliphatic heterocycles. The minimum Gasteiger partial charge on any atom is -0.492 e. The fourth-order valence-electron chi connectivity index (χ4n) is 4.72. The van der Waals surface area contributed by atoms with Crippen molar-refractivity contribution < 1.29 is 9.47 Å². The summed E-state index contributed by atoms with van der Waals surface area (Å²) in [7, 11) is 0. The van der Waals surface area contributed by atoms with Gasteiger partial charge in [0.25, 0.3) is 0 Å². The molecule has 0 aliphatic carbocycles. The van der Waals surface area contributed by atoms with Crippen LogP contribution in [0.1, 0.15) is 52.5 Å². The molecule has 39 heavy (non-hydrogen) atoms. The molecule has 0 radical (unpaired) electrons. The highest BCUT2D eigenvalue weighted by atomic mass is 35.5. The van der Waals surface area contributed by atoms with E-state index in [1.807, 2.05) is 43.3 Å². The van der Waals surface area contributed by atoms with Crippen molar-refractivity contribution >= 4 is 34.7 Å². The topological polar surface area (TPSA) is 83.6 Å². The van der Waals surface area contributed by atoms with Crippen LogP contribution in [0.3, 0.4) is 0 Å². The first-order valence-electron chi connectivity index (χ1n) is 14.1. The molecular formula is C30H41ClN6O2. The van der Waals surface area contributed by atoms with Crippen LogP contribution in [0.5, 0.6) is 11.5 Å². The van der Waals surface area contributed by atoms with Gasteiger partial charge in [-0.25, -0.2) is 4.98 Å². The average Bonchev–Trinajstić information content (AvgIpc) is 3.41.